The third-order valence-electron chi connectivity index (χ3n) is 7.79. The molecule has 0 bridgehead atoms. The van der Waals surface area contributed by atoms with Crippen LogP contribution in [0.25, 0.3) is 4.13 Å². The van der Waals surface area contributed by atoms with Gasteiger partial charge in [0.1, 0.15) is 17.1 Å². The largest absolute Gasteiger partial charge is 0.460 e. The van der Waals surface area contributed by atoms with Gasteiger partial charge in [0.15, 0.2) is 21.0 Å². The number of hydrogen-bond acceptors (Lipinski definition) is 10. The first-order valence-corrected chi connectivity index (χ1v) is 20.2. The first-order valence-electron chi connectivity index (χ1n) is 15.9. The van der Waals surface area contributed by atoms with Crippen LogP contribution in [0.15, 0.2) is 29.2 Å². The molecular weight excluding hydrogens is 740 g/mol. The van der Waals surface area contributed by atoms with E-state index in [-0.39, 0.29) is 35.8 Å². The Kier molecular flexibility index (Phi) is 13.7. The van der Waals surface area contributed by atoms with Crippen LogP contribution >= 0.6 is 0 Å². The summed E-state index contributed by atoms with van der Waals surface area (Å²) in [5.74, 6) is -5.11. The lowest BCUT2D eigenvalue weighted by Crippen LogP contribution is -2.53. The van der Waals surface area contributed by atoms with Crippen LogP contribution in [0.1, 0.15) is 79.1 Å². The number of rotatable bonds is 13. The molecule has 50 heavy (non-hydrogen) atoms. The van der Waals surface area contributed by atoms with E-state index in [0.717, 1.165) is 35.7 Å². The maximum atomic E-state index is 15.2. The second kappa shape index (κ2) is 16.4. The Bertz CT molecular complexity index is 1580. The van der Waals surface area contributed by atoms with Crippen molar-refractivity contribution in [2.45, 2.75) is 113 Å². The van der Waals surface area contributed by atoms with Gasteiger partial charge < -0.3 is 18.9 Å². The van der Waals surface area contributed by atoms with Crippen molar-refractivity contribution >= 4 is 54.8 Å². The van der Waals surface area contributed by atoms with Gasteiger partial charge in [0.25, 0.3) is 12.0 Å². The lowest BCUT2D eigenvalue weighted by Gasteiger charge is -2.35. The molecule has 1 amide bonds. The molecule has 1 aromatic rings. The van der Waals surface area contributed by atoms with Gasteiger partial charge in [0, 0.05) is 16.6 Å². The van der Waals surface area contributed by atoms with Crippen molar-refractivity contribution in [1.29, 1.82) is 0 Å². The minimum atomic E-state index is -7.03. The zero-order valence-corrected chi connectivity index (χ0v) is 30.3. The van der Waals surface area contributed by atoms with E-state index in [1.54, 1.807) is 24.3 Å². The first kappa shape index (κ1) is 41.9. The van der Waals surface area contributed by atoms with Gasteiger partial charge in [-0.2, -0.15) is 22.0 Å². The maximum Gasteiger partial charge on any atom is 0.432 e. The van der Waals surface area contributed by atoms with Gasteiger partial charge in [-0.05, 0) is 83.6 Å². The quantitative estimate of drug-likeness (QED) is 0.148. The van der Waals surface area contributed by atoms with Crippen molar-refractivity contribution in [1.82, 2.24) is 0 Å². The number of ether oxygens (including phenoxy) is 2. The van der Waals surface area contributed by atoms with Crippen LogP contribution in [0.2, 0.25) is 0 Å². The fraction of sp³-hybridized carbons (Fsp3) is 0.700. The van der Waals surface area contributed by atoms with Crippen LogP contribution in [0.4, 0.5) is 27.6 Å². The van der Waals surface area contributed by atoms with Crippen LogP contribution in [0.3, 0.4) is 0 Å². The Morgan fingerprint density at radius 1 is 0.880 bits per heavy atom. The highest BCUT2D eigenvalue weighted by atomic mass is 32.3. The Hall–Kier alpha value is -2.55. The average Bonchev–Trinajstić information content (AvgIpc) is 3.01. The summed E-state index contributed by atoms with van der Waals surface area (Å²) < 4.78 is 138. The molecule has 12 nitrogen and oxygen atoms in total. The van der Waals surface area contributed by atoms with Crippen molar-refractivity contribution in [2.75, 3.05) is 16.8 Å². The molecule has 4 atom stereocenters. The smallest absolute Gasteiger partial charge is 0.432 e. The van der Waals surface area contributed by atoms with Gasteiger partial charge in [-0.1, -0.05) is 19.8 Å². The molecule has 0 radical (unpaired) electrons. The SMILES string of the molecule is CCC(OS(=O)(=O)[N-]S(=O)(=O)C(F)(F)C(OC(=O)C1CCCCC1C(=O)OC(C)(C)C)C(F)(F)F)C(=O)Nc1ccc([S+]2CCCCC2)cc1. The molecular formula is C30H41F5N2O10S3. The molecule has 1 aliphatic carbocycles. The molecule has 1 saturated carbocycles. The number of sulfonamides is 1. The molecule has 0 spiro atoms. The number of alkyl halides is 5. The van der Waals surface area contributed by atoms with E-state index in [4.69, 9.17) is 4.74 Å². The number of amides is 1. The van der Waals surface area contributed by atoms with Crippen LogP contribution in [-0.2, 0) is 59.3 Å². The number of benzene rings is 1. The maximum absolute atomic E-state index is 15.2. The third kappa shape index (κ3) is 11.2. The second-order valence-corrected chi connectivity index (χ2v) is 18.3. The molecule has 3 rings (SSSR count). The lowest BCUT2D eigenvalue weighted by molar-refractivity contribution is -0.260. The van der Waals surface area contributed by atoms with Gasteiger partial charge in [-0.15, -0.1) is 0 Å². The van der Waals surface area contributed by atoms with Crippen molar-refractivity contribution in [2.24, 2.45) is 11.8 Å². The number of nitrogens with zero attached hydrogens (tertiary/aromatic N) is 1. The molecule has 1 heterocycles. The standard InChI is InChI=1S/C30H41F5N2O10S3/c1-5-23(24(38)36-19-13-15-20(16-14-19)48-17-9-6-10-18-48)47-50(43,44)37-49(41,42)30(34,35)27(29(31,32)33)45-25(39)21-11-7-8-12-22(21)26(40)46-28(2,3)4/h13-16,21-23,27H,5-12,17-18H2,1-4H3,(H,36,38). The fourth-order valence-electron chi connectivity index (χ4n) is 5.39. The Morgan fingerprint density at radius 3 is 1.92 bits per heavy atom. The number of carbonyl (C=O) groups excluding carboxylic acids is 3. The average molecular weight is 781 g/mol. The molecule has 4 unspecified atom stereocenters. The predicted octanol–water partition coefficient (Wildman–Crippen LogP) is 5.74. The number of nitrogens with one attached hydrogen (secondary N) is 1. The highest BCUT2D eigenvalue weighted by Crippen LogP contribution is 2.43. The summed E-state index contributed by atoms with van der Waals surface area (Å²) in [4.78, 5) is 39.3. The topological polar surface area (TPSA) is 173 Å². The van der Waals surface area contributed by atoms with Gasteiger partial charge in [-0.3, -0.25) is 18.6 Å². The van der Waals surface area contributed by atoms with Gasteiger partial charge in [-0.25, -0.2) is 16.8 Å². The second-order valence-electron chi connectivity index (χ2n) is 12.9. The summed E-state index contributed by atoms with van der Waals surface area (Å²) in [6.07, 6.45) is -9.90. The fourth-order valence-corrected chi connectivity index (χ4v) is 10.2. The summed E-state index contributed by atoms with van der Waals surface area (Å²) in [6, 6.07) is 6.66. The van der Waals surface area contributed by atoms with E-state index in [2.05, 4.69) is 14.2 Å². The van der Waals surface area contributed by atoms with Crippen LogP contribution in [-0.4, -0.2) is 75.4 Å². The van der Waals surface area contributed by atoms with E-state index >= 15 is 8.78 Å². The highest BCUT2D eigenvalue weighted by molar-refractivity contribution is 8.10. The minimum absolute atomic E-state index is 0.0446. The number of hydrogen-bond donors (Lipinski definition) is 1. The zero-order valence-electron chi connectivity index (χ0n) is 27.8. The normalized spacial score (nSPS) is 21.1. The van der Waals surface area contributed by atoms with E-state index in [0.29, 0.717) is 6.42 Å². The first-order chi connectivity index (χ1) is 23.0. The van der Waals surface area contributed by atoms with Crippen LogP contribution in [0.5, 0.6) is 0 Å². The molecule has 1 N–H and O–H groups in total. The van der Waals surface area contributed by atoms with Gasteiger partial charge >= 0.3 is 23.4 Å². The van der Waals surface area contributed by atoms with Crippen LogP contribution < -0.4 is 5.32 Å². The van der Waals surface area contributed by atoms with E-state index in [1.807, 2.05) is 4.13 Å². The number of halogens is 5. The molecule has 1 aliphatic heterocycles. The number of carbonyl (C=O) groups is 3. The summed E-state index contributed by atoms with van der Waals surface area (Å²) in [5, 5.41) is -3.85. The van der Waals surface area contributed by atoms with E-state index < -0.39 is 85.7 Å². The summed E-state index contributed by atoms with van der Waals surface area (Å²) in [7, 11) is -13.0. The molecule has 1 aromatic carbocycles. The Morgan fingerprint density at radius 2 is 1.42 bits per heavy atom. The molecule has 1 saturated heterocycles. The molecule has 2 fully saturated rings. The van der Waals surface area contributed by atoms with Gasteiger partial charge in [0.2, 0.25) is 10.3 Å². The third-order valence-corrected chi connectivity index (χ3v) is 13.2. The van der Waals surface area contributed by atoms with Crippen molar-refractivity contribution in [3.63, 3.8) is 0 Å². The van der Waals surface area contributed by atoms with Gasteiger partial charge in [0.05, 0.1) is 11.8 Å². The highest BCUT2D eigenvalue weighted by Gasteiger charge is 2.64. The predicted molar refractivity (Wildman–Crippen MR) is 173 cm³/mol. The van der Waals surface area contributed by atoms with E-state index in [1.165, 1.54) is 27.7 Å². The molecule has 284 valence electrons. The summed E-state index contributed by atoms with van der Waals surface area (Å²) in [6.45, 7) is 5.68. The van der Waals surface area contributed by atoms with Crippen molar-refractivity contribution in [3.05, 3.63) is 28.4 Å². The molecule has 20 heteroatoms. The van der Waals surface area contributed by atoms with E-state index in [9.17, 15) is 44.4 Å². The number of esters is 2. The lowest BCUT2D eigenvalue weighted by atomic mass is 9.79. The zero-order chi connectivity index (χ0) is 37.7. The van der Waals surface area contributed by atoms with Crippen molar-refractivity contribution in [3.8, 4) is 0 Å². The molecule has 2 aliphatic rings. The minimum Gasteiger partial charge on any atom is -0.460 e. The van der Waals surface area contributed by atoms with Crippen LogP contribution in [0, 0.1) is 11.8 Å². The Labute approximate surface area is 291 Å². The summed E-state index contributed by atoms with van der Waals surface area (Å²) >= 11 is 0. The summed E-state index contributed by atoms with van der Waals surface area (Å²) in [5.41, 5.74) is -0.859. The number of anilines is 1. The Balaban J connectivity index is 1.74. The molecule has 0 aromatic heterocycles. The monoisotopic (exact) mass is 780 g/mol. The van der Waals surface area contributed by atoms with Crippen molar-refractivity contribution < 1.29 is 66.8 Å².